The molecule has 3 N–H and O–H groups in total. The summed E-state index contributed by atoms with van der Waals surface area (Å²) >= 11 is 1.55. The second-order valence-corrected chi connectivity index (χ2v) is 6.53. The standard InChI is InChI=1S/C12H14N4OS/c1-3-9(2)10(6-13)8(15)16-12(11(9,10)7-14)17-4-5-18-12/h3-5H2,1-2H3,(H2,15,16)/p+1/t9-,10-,11+,12+/m0/s1. The van der Waals surface area contributed by atoms with Crippen LogP contribution in [0, 0.1) is 38.9 Å². The van der Waals surface area contributed by atoms with Crippen LogP contribution in [0.3, 0.4) is 0 Å². The first-order chi connectivity index (χ1) is 8.52. The summed E-state index contributed by atoms with van der Waals surface area (Å²) in [7, 11) is 0. The van der Waals surface area contributed by atoms with E-state index in [-0.39, 0.29) is 0 Å². The van der Waals surface area contributed by atoms with Crippen molar-refractivity contribution in [2.24, 2.45) is 22.0 Å². The molecule has 1 saturated carbocycles. The van der Waals surface area contributed by atoms with Crippen LogP contribution in [0.25, 0.3) is 0 Å². The molecule has 0 bridgehead atoms. The van der Waals surface area contributed by atoms with Gasteiger partial charge in [0, 0.05) is 11.2 Å². The van der Waals surface area contributed by atoms with Crippen LogP contribution >= 0.6 is 11.8 Å². The predicted octanol–water partition coefficient (Wildman–Crippen LogP) is -0.695. The van der Waals surface area contributed by atoms with Gasteiger partial charge in [0.1, 0.15) is 0 Å². The Hall–Kier alpha value is -1.24. The summed E-state index contributed by atoms with van der Waals surface area (Å²) in [6.45, 7) is 4.55. The monoisotopic (exact) mass is 263 g/mol. The lowest BCUT2D eigenvalue weighted by atomic mass is 9.90. The van der Waals surface area contributed by atoms with Gasteiger partial charge in [-0.05, 0) is 6.42 Å². The Kier molecular flexibility index (Phi) is 1.98. The lowest BCUT2D eigenvalue weighted by Crippen LogP contribution is -2.88. The fourth-order valence-electron chi connectivity index (χ4n) is 4.04. The summed E-state index contributed by atoms with van der Waals surface area (Å²) in [5, 5.41) is 18.6. The minimum Gasteiger partial charge on any atom is -0.327 e. The maximum Gasteiger partial charge on any atom is 0.277 e. The number of ether oxygens (including phenoxy) is 1. The van der Waals surface area contributed by atoms with Crippen molar-refractivity contribution in [3.05, 3.63) is 0 Å². The Labute approximate surface area is 110 Å². The van der Waals surface area contributed by atoms with Gasteiger partial charge in [-0.1, -0.05) is 25.6 Å². The number of nitriles is 2. The molecule has 6 heteroatoms. The Morgan fingerprint density at radius 3 is 2.61 bits per heavy atom. The van der Waals surface area contributed by atoms with Gasteiger partial charge in [0.05, 0.1) is 18.7 Å². The molecule has 0 aromatic heterocycles. The molecular formula is C12H15N4OS+. The third-order valence-corrected chi connectivity index (χ3v) is 6.39. The summed E-state index contributed by atoms with van der Waals surface area (Å²) in [4.78, 5) is 3.09. The van der Waals surface area contributed by atoms with Gasteiger partial charge in [0.2, 0.25) is 0 Å². The van der Waals surface area contributed by atoms with Crippen LogP contribution in [-0.2, 0) is 4.74 Å². The average Bonchev–Trinajstić information content (AvgIpc) is 2.69. The number of nitrogens with one attached hydrogen (secondary N) is 1. The normalized spacial score (nSPS) is 52.6. The van der Waals surface area contributed by atoms with E-state index in [1.165, 1.54) is 0 Å². The Balaban J connectivity index is 2.28. The Bertz CT molecular complexity index is 541. The van der Waals surface area contributed by atoms with E-state index in [0.29, 0.717) is 12.4 Å². The van der Waals surface area contributed by atoms with E-state index in [0.717, 1.165) is 12.2 Å². The molecule has 3 aliphatic rings. The summed E-state index contributed by atoms with van der Waals surface area (Å²) in [6.07, 6.45) is 0.724. The van der Waals surface area contributed by atoms with E-state index in [2.05, 4.69) is 17.1 Å². The highest BCUT2D eigenvalue weighted by atomic mass is 32.2. The van der Waals surface area contributed by atoms with Crippen LogP contribution in [0.15, 0.2) is 0 Å². The van der Waals surface area contributed by atoms with E-state index in [1.54, 1.807) is 11.8 Å². The minimum absolute atomic E-state index is 0.394. The van der Waals surface area contributed by atoms with E-state index >= 15 is 0 Å². The predicted molar refractivity (Wildman–Crippen MR) is 65.8 cm³/mol. The van der Waals surface area contributed by atoms with Crippen molar-refractivity contribution < 1.29 is 9.73 Å². The molecule has 0 aromatic rings. The van der Waals surface area contributed by atoms with Crippen molar-refractivity contribution in [1.82, 2.24) is 0 Å². The van der Waals surface area contributed by atoms with Crippen LogP contribution in [0.2, 0.25) is 0 Å². The Morgan fingerprint density at radius 2 is 2.22 bits per heavy atom. The number of nitrogens with zero attached hydrogens (tertiary/aromatic N) is 2. The molecule has 2 heterocycles. The topological polar surface area (TPSA) is 96.8 Å². The van der Waals surface area contributed by atoms with Crippen LogP contribution < -0.4 is 10.7 Å². The average molecular weight is 263 g/mol. The SMILES string of the molecule is CC[C@@]1(C)[C@]2(C#N)C(N)=[NH+][C@@]3(OCCS3)[C@]12C#N. The molecule has 2 fully saturated rings. The molecule has 5 nitrogen and oxygen atoms in total. The number of amidine groups is 1. The van der Waals surface area contributed by atoms with Crippen molar-refractivity contribution in [3.8, 4) is 12.1 Å². The smallest absolute Gasteiger partial charge is 0.277 e. The zero-order valence-electron chi connectivity index (χ0n) is 10.4. The second kappa shape index (κ2) is 3.01. The first-order valence-corrected chi connectivity index (χ1v) is 7.02. The van der Waals surface area contributed by atoms with Crippen LogP contribution in [0.4, 0.5) is 0 Å². The van der Waals surface area contributed by atoms with E-state index in [1.807, 2.05) is 13.8 Å². The highest BCUT2D eigenvalue weighted by Gasteiger charge is 3.01. The van der Waals surface area contributed by atoms with Crippen LogP contribution in [0.1, 0.15) is 20.3 Å². The van der Waals surface area contributed by atoms with Gasteiger partial charge in [0.25, 0.3) is 10.9 Å². The first-order valence-electron chi connectivity index (χ1n) is 6.03. The molecule has 3 rings (SSSR count). The second-order valence-electron chi connectivity index (χ2n) is 5.26. The van der Waals surface area contributed by atoms with Gasteiger partial charge in [0.15, 0.2) is 10.8 Å². The molecule has 0 unspecified atom stereocenters. The third-order valence-electron chi connectivity index (χ3n) is 5.09. The fraction of sp³-hybridized carbons (Fsp3) is 0.750. The molecule has 4 atom stereocenters. The summed E-state index contributed by atoms with van der Waals surface area (Å²) in [5.74, 6) is 1.20. The van der Waals surface area contributed by atoms with E-state index < -0.39 is 21.3 Å². The molecule has 0 radical (unpaired) electrons. The van der Waals surface area contributed by atoms with Gasteiger partial charge >= 0.3 is 0 Å². The molecule has 0 amide bonds. The third kappa shape index (κ3) is 0.733. The van der Waals surface area contributed by atoms with Crippen LogP contribution in [0.5, 0.6) is 0 Å². The van der Waals surface area contributed by atoms with Crippen molar-refractivity contribution >= 4 is 17.6 Å². The van der Waals surface area contributed by atoms with E-state index in [9.17, 15) is 10.5 Å². The fourth-order valence-corrected chi connectivity index (χ4v) is 5.48. The highest BCUT2D eigenvalue weighted by Crippen LogP contribution is 2.85. The maximum absolute atomic E-state index is 9.77. The number of hydrogen-bond donors (Lipinski definition) is 2. The molecule has 2 aliphatic heterocycles. The van der Waals surface area contributed by atoms with E-state index in [4.69, 9.17) is 10.5 Å². The van der Waals surface area contributed by atoms with Gasteiger partial charge in [-0.3, -0.25) is 5.73 Å². The van der Waals surface area contributed by atoms with Gasteiger partial charge in [-0.25, -0.2) is 4.99 Å². The summed E-state index contributed by atoms with van der Waals surface area (Å²) in [5.41, 5.74) is 3.81. The Morgan fingerprint density at radius 1 is 1.50 bits per heavy atom. The van der Waals surface area contributed by atoms with Crippen molar-refractivity contribution in [1.29, 1.82) is 10.5 Å². The summed E-state index contributed by atoms with van der Waals surface area (Å²) < 4.78 is 5.82. The quantitative estimate of drug-likeness (QED) is 0.652. The molecular weight excluding hydrogens is 248 g/mol. The molecule has 1 saturated heterocycles. The van der Waals surface area contributed by atoms with Crippen molar-refractivity contribution in [3.63, 3.8) is 0 Å². The molecule has 1 spiro atoms. The lowest BCUT2D eigenvalue weighted by Gasteiger charge is -2.26. The van der Waals surface area contributed by atoms with Gasteiger partial charge in [-0.2, -0.15) is 10.5 Å². The summed E-state index contributed by atoms with van der Waals surface area (Å²) in [6, 6.07) is 4.69. The molecule has 18 heavy (non-hydrogen) atoms. The zero-order chi connectivity index (χ0) is 13.2. The highest BCUT2D eigenvalue weighted by molar-refractivity contribution is 8.00. The molecule has 94 valence electrons. The number of thioether (sulfide) groups is 1. The van der Waals surface area contributed by atoms with Crippen molar-refractivity contribution in [2.75, 3.05) is 12.4 Å². The number of nitrogens with two attached hydrogens (primary N) is 1. The largest absolute Gasteiger partial charge is 0.327 e. The number of rotatable bonds is 1. The molecule has 1 aliphatic carbocycles. The zero-order valence-corrected chi connectivity index (χ0v) is 11.2. The maximum atomic E-state index is 9.77. The lowest BCUT2D eigenvalue weighted by molar-refractivity contribution is -0.585. The number of hydrogen-bond acceptors (Lipinski definition) is 5. The van der Waals surface area contributed by atoms with Crippen LogP contribution in [-0.4, -0.2) is 23.3 Å². The molecule has 0 aromatic carbocycles. The van der Waals surface area contributed by atoms with Crippen molar-refractivity contribution in [2.45, 2.75) is 25.3 Å². The van der Waals surface area contributed by atoms with Gasteiger partial charge < -0.3 is 4.74 Å². The minimum atomic E-state index is -0.930. The van der Waals surface area contributed by atoms with Gasteiger partial charge in [-0.15, -0.1) is 0 Å². The number of fused-ring (bicyclic) bond motifs is 2. The first kappa shape index (κ1) is 11.8.